The van der Waals surface area contributed by atoms with E-state index in [1.54, 1.807) is 20.1 Å². The van der Waals surface area contributed by atoms with Crippen LogP contribution in [0.15, 0.2) is 35.8 Å². The Bertz CT molecular complexity index is 1390. The second kappa shape index (κ2) is 8.98. The summed E-state index contributed by atoms with van der Waals surface area (Å²) in [6.07, 6.45) is 5.18. The normalized spacial score (nSPS) is 17.4. The number of nitrogens with zero attached hydrogens (tertiary/aromatic N) is 7. The maximum absolute atomic E-state index is 14.5. The van der Waals surface area contributed by atoms with Crippen LogP contribution < -0.4 is 10.5 Å². The number of carbonyl (C=O) groups excluding carboxylic acids is 2. The molecule has 2 N–H and O–H groups in total. The highest BCUT2D eigenvalue weighted by Gasteiger charge is 2.39. The average molecular weight is 496 g/mol. The maximum Gasteiger partial charge on any atom is 0.341 e. The Morgan fingerprint density at radius 2 is 1.92 bits per heavy atom. The van der Waals surface area contributed by atoms with Crippen molar-refractivity contribution in [3.63, 3.8) is 0 Å². The van der Waals surface area contributed by atoms with Crippen LogP contribution in [0.3, 0.4) is 0 Å². The van der Waals surface area contributed by atoms with Crippen molar-refractivity contribution in [3.05, 3.63) is 64.9 Å². The zero-order valence-electron chi connectivity index (χ0n) is 19.4. The summed E-state index contributed by atoms with van der Waals surface area (Å²) < 4.78 is 35.2. The number of carbonyl (C=O) groups is 2. The van der Waals surface area contributed by atoms with Crippen molar-refractivity contribution in [2.75, 3.05) is 13.1 Å². The fourth-order valence-electron chi connectivity index (χ4n) is 4.32. The summed E-state index contributed by atoms with van der Waals surface area (Å²) >= 11 is 0. The molecular formula is C23H22F2N8O3. The Morgan fingerprint density at radius 1 is 1.14 bits per heavy atom. The zero-order chi connectivity index (χ0) is 25.6. The van der Waals surface area contributed by atoms with E-state index in [1.165, 1.54) is 32.9 Å². The minimum atomic E-state index is -0.678. The van der Waals surface area contributed by atoms with E-state index in [0.29, 0.717) is 23.4 Å². The van der Waals surface area contributed by atoms with Gasteiger partial charge in [0.15, 0.2) is 17.4 Å². The van der Waals surface area contributed by atoms with Crippen molar-refractivity contribution in [3.8, 4) is 11.6 Å². The van der Waals surface area contributed by atoms with E-state index in [4.69, 9.17) is 10.5 Å². The largest absolute Gasteiger partial charge is 0.483 e. The first-order chi connectivity index (χ1) is 17.2. The van der Waals surface area contributed by atoms with Gasteiger partial charge in [0.2, 0.25) is 0 Å². The molecular weight excluding hydrogens is 474 g/mol. The van der Waals surface area contributed by atoms with E-state index < -0.39 is 29.7 Å². The topological polar surface area (TPSA) is 132 Å². The van der Waals surface area contributed by atoms with Crippen molar-refractivity contribution < 1.29 is 23.1 Å². The predicted molar refractivity (Wildman–Crippen MR) is 123 cm³/mol. The van der Waals surface area contributed by atoms with Crippen molar-refractivity contribution >= 4 is 18.2 Å². The lowest BCUT2D eigenvalue weighted by Crippen LogP contribution is -2.58. The molecule has 0 radical (unpaired) electrons. The van der Waals surface area contributed by atoms with Crippen LogP contribution in [0.5, 0.6) is 5.75 Å². The molecule has 5 rings (SSSR count). The Kier molecular flexibility index (Phi) is 5.82. The van der Waals surface area contributed by atoms with Crippen molar-refractivity contribution in [2.24, 2.45) is 10.8 Å². The van der Waals surface area contributed by atoms with Crippen LogP contribution in [-0.2, 0) is 0 Å². The van der Waals surface area contributed by atoms with Gasteiger partial charge in [-0.25, -0.2) is 28.3 Å². The number of nitrogens with two attached hydrogens (primary N) is 1. The van der Waals surface area contributed by atoms with Crippen LogP contribution in [0.4, 0.5) is 13.6 Å². The van der Waals surface area contributed by atoms with E-state index in [2.05, 4.69) is 20.2 Å². The lowest BCUT2D eigenvalue weighted by molar-refractivity contribution is 0.0256. The van der Waals surface area contributed by atoms with E-state index >= 15 is 0 Å². The SMILES string of the molecule is Cc1nn(-c2cc(OC3CN(C(=O)N4N=CCC4c4cncc(F)c4)C3)c(F)cn2)c(C)c1C(N)=O. The Balaban J connectivity index is 1.26. The van der Waals surface area contributed by atoms with Gasteiger partial charge in [-0.2, -0.15) is 10.2 Å². The van der Waals surface area contributed by atoms with Gasteiger partial charge in [-0.05, 0) is 25.5 Å². The molecule has 11 nitrogen and oxygen atoms in total. The van der Waals surface area contributed by atoms with Crippen molar-refractivity contribution in [1.29, 1.82) is 0 Å². The van der Waals surface area contributed by atoms with Gasteiger partial charge >= 0.3 is 6.03 Å². The van der Waals surface area contributed by atoms with Gasteiger partial charge < -0.3 is 15.4 Å². The number of aryl methyl sites for hydroxylation is 1. The lowest BCUT2D eigenvalue weighted by Gasteiger charge is -2.41. The third-order valence-electron chi connectivity index (χ3n) is 6.11. The monoisotopic (exact) mass is 496 g/mol. The van der Waals surface area contributed by atoms with Gasteiger partial charge in [-0.15, -0.1) is 0 Å². The molecule has 36 heavy (non-hydrogen) atoms. The third kappa shape index (κ3) is 4.12. The molecule has 3 aromatic heterocycles. The summed E-state index contributed by atoms with van der Waals surface area (Å²) in [6, 6.07) is 1.89. The summed E-state index contributed by atoms with van der Waals surface area (Å²) in [7, 11) is 0. The Hall–Kier alpha value is -4.42. The van der Waals surface area contributed by atoms with Crippen LogP contribution in [-0.4, -0.2) is 67.0 Å². The molecule has 3 amide bonds. The molecule has 2 aliphatic rings. The smallest absolute Gasteiger partial charge is 0.341 e. The minimum Gasteiger partial charge on any atom is -0.483 e. The molecule has 1 unspecified atom stereocenters. The van der Waals surface area contributed by atoms with Crippen LogP contribution in [0, 0.1) is 25.5 Å². The highest BCUT2D eigenvalue weighted by atomic mass is 19.1. The number of amides is 3. The first kappa shape index (κ1) is 23.3. The van der Waals surface area contributed by atoms with Crippen molar-refractivity contribution in [1.82, 2.24) is 29.7 Å². The molecule has 0 bridgehead atoms. The fourth-order valence-corrected chi connectivity index (χ4v) is 4.32. The van der Waals surface area contributed by atoms with Crippen molar-refractivity contribution in [2.45, 2.75) is 32.4 Å². The lowest BCUT2D eigenvalue weighted by atomic mass is 10.1. The zero-order valence-corrected chi connectivity index (χ0v) is 19.4. The van der Waals surface area contributed by atoms with E-state index in [-0.39, 0.29) is 36.3 Å². The summed E-state index contributed by atoms with van der Waals surface area (Å²) in [5.74, 6) is -1.59. The summed E-state index contributed by atoms with van der Waals surface area (Å²) in [4.78, 5) is 34.1. The second-order valence-electron chi connectivity index (χ2n) is 8.55. The molecule has 0 aliphatic carbocycles. The molecule has 5 heterocycles. The molecule has 13 heteroatoms. The number of urea groups is 1. The number of hydrogen-bond donors (Lipinski definition) is 1. The Morgan fingerprint density at radius 3 is 2.61 bits per heavy atom. The van der Waals surface area contributed by atoms with Gasteiger partial charge in [-0.3, -0.25) is 9.78 Å². The molecule has 0 saturated carbocycles. The van der Waals surface area contributed by atoms with E-state index in [9.17, 15) is 18.4 Å². The molecule has 2 aliphatic heterocycles. The molecule has 186 valence electrons. The third-order valence-corrected chi connectivity index (χ3v) is 6.11. The summed E-state index contributed by atoms with van der Waals surface area (Å²) in [5.41, 5.74) is 7.14. The number of aromatic nitrogens is 4. The van der Waals surface area contributed by atoms with Gasteiger partial charge in [0, 0.05) is 24.9 Å². The minimum absolute atomic E-state index is 0.0619. The average Bonchev–Trinajstić information content (AvgIpc) is 3.41. The highest BCUT2D eigenvalue weighted by Crippen LogP contribution is 2.31. The number of rotatable bonds is 5. The number of likely N-dealkylation sites (tertiary alicyclic amines) is 1. The number of ether oxygens (including phenoxy) is 1. The van der Waals surface area contributed by atoms with E-state index in [0.717, 1.165) is 12.4 Å². The summed E-state index contributed by atoms with van der Waals surface area (Å²) in [5, 5.41) is 9.71. The molecule has 0 spiro atoms. The van der Waals surface area contributed by atoms with Crippen LogP contribution in [0.1, 0.15) is 39.8 Å². The van der Waals surface area contributed by atoms with Crippen LogP contribution in [0.2, 0.25) is 0 Å². The highest BCUT2D eigenvalue weighted by molar-refractivity contribution is 5.95. The van der Waals surface area contributed by atoms with Gasteiger partial charge in [-0.1, -0.05) is 0 Å². The summed E-state index contributed by atoms with van der Waals surface area (Å²) in [6.45, 7) is 3.73. The maximum atomic E-state index is 14.5. The Labute approximate surface area is 204 Å². The van der Waals surface area contributed by atoms with E-state index in [1.807, 2.05) is 0 Å². The quantitative estimate of drug-likeness (QED) is 0.576. The predicted octanol–water partition coefficient (Wildman–Crippen LogP) is 2.27. The number of pyridine rings is 2. The second-order valence-corrected chi connectivity index (χ2v) is 8.55. The fraction of sp³-hybridized carbons (Fsp3) is 0.304. The number of halogens is 2. The first-order valence-corrected chi connectivity index (χ1v) is 11.1. The number of hydrogen-bond acceptors (Lipinski definition) is 7. The van der Waals surface area contributed by atoms with Crippen LogP contribution >= 0.6 is 0 Å². The molecule has 1 saturated heterocycles. The molecule has 1 fully saturated rings. The number of hydrazone groups is 1. The standard InChI is InChI=1S/C23H22F2N8O3/c1-12-21(22(26)34)13(2)32(30-12)20-6-19(17(25)9-28-20)36-16-10-31(11-16)23(35)33-18(3-4-29-33)14-5-15(24)8-27-7-14/h4-9,16,18H,3,10-11H2,1-2H3,(H2,26,34). The molecule has 1 atom stereocenters. The van der Waals surface area contributed by atoms with Gasteiger partial charge in [0.05, 0.1) is 48.5 Å². The van der Waals surface area contributed by atoms with Gasteiger partial charge in [0.1, 0.15) is 11.9 Å². The molecule has 0 aromatic carbocycles. The number of primary amides is 1. The van der Waals surface area contributed by atoms with Gasteiger partial charge in [0.25, 0.3) is 5.91 Å². The van der Waals surface area contributed by atoms with Crippen LogP contribution in [0.25, 0.3) is 5.82 Å². The molecule has 3 aromatic rings. The first-order valence-electron chi connectivity index (χ1n) is 11.1.